The van der Waals surface area contributed by atoms with Gasteiger partial charge in [0.15, 0.2) is 11.6 Å². The smallest absolute Gasteiger partial charge is 0.328 e. The predicted octanol–water partition coefficient (Wildman–Crippen LogP) is 3.85. The molecule has 5 heteroatoms. The Morgan fingerprint density at radius 2 is 1.90 bits per heavy atom. The summed E-state index contributed by atoms with van der Waals surface area (Å²) in [5.41, 5.74) is 0.247. The van der Waals surface area contributed by atoms with Crippen LogP contribution in [0.2, 0.25) is 0 Å². The van der Waals surface area contributed by atoms with Gasteiger partial charge in [0.2, 0.25) is 0 Å². The highest BCUT2D eigenvalue weighted by atomic mass is 19.1. The summed E-state index contributed by atoms with van der Waals surface area (Å²) < 4.78 is 32.1. The fourth-order valence-corrected chi connectivity index (χ4v) is 1.57. The van der Waals surface area contributed by atoms with Gasteiger partial charge in [0.05, 0.1) is 0 Å². The monoisotopic (exact) mass is 276 g/mol. The maximum Gasteiger partial charge on any atom is 0.328 e. The van der Waals surface area contributed by atoms with Crippen molar-refractivity contribution in [2.75, 3.05) is 0 Å². The number of aliphatic carboxylic acids is 1. The van der Waals surface area contributed by atoms with Crippen LogP contribution in [0, 0.1) is 11.6 Å². The minimum atomic E-state index is -1.16. The molecule has 0 radical (unpaired) electrons. The third-order valence-electron chi connectivity index (χ3n) is 2.42. The summed E-state index contributed by atoms with van der Waals surface area (Å²) in [6.07, 6.45) is 2.08. The van der Waals surface area contributed by atoms with Gasteiger partial charge in [0.25, 0.3) is 0 Å². The molecule has 0 aliphatic carbocycles. The normalized spacial score (nSPS) is 10.7. The van der Waals surface area contributed by atoms with E-state index in [0.717, 1.165) is 12.1 Å². The van der Waals surface area contributed by atoms with Crippen LogP contribution in [0.5, 0.6) is 11.5 Å². The number of carboxylic acids is 1. The molecule has 0 saturated carbocycles. The average molecular weight is 276 g/mol. The van der Waals surface area contributed by atoms with E-state index in [1.165, 1.54) is 42.5 Å². The molecular formula is C15H10F2O3. The highest BCUT2D eigenvalue weighted by molar-refractivity contribution is 5.85. The fourth-order valence-electron chi connectivity index (χ4n) is 1.57. The van der Waals surface area contributed by atoms with E-state index < -0.39 is 17.6 Å². The van der Waals surface area contributed by atoms with Gasteiger partial charge in [0.1, 0.15) is 11.6 Å². The summed E-state index contributed by atoms with van der Waals surface area (Å²) in [6.45, 7) is 0. The van der Waals surface area contributed by atoms with Crippen molar-refractivity contribution in [2.45, 2.75) is 0 Å². The average Bonchev–Trinajstić information content (AvgIpc) is 2.39. The summed E-state index contributed by atoms with van der Waals surface area (Å²) >= 11 is 0. The predicted molar refractivity (Wildman–Crippen MR) is 69.5 cm³/mol. The van der Waals surface area contributed by atoms with Crippen LogP contribution in [-0.4, -0.2) is 11.1 Å². The SMILES string of the molecule is O=C(O)/C=C/c1cccc(F)c1Oc1cccc(F)c1. The van der Waals surface area contributed by atoms with Gasteiger partial charge in [-0.1, -0.05) is 18.2 Å². The number of ether oxygens (including phenoxy) is 1. The third-order valence-corrected chi connectivity index (χ3v) is 2.42. The van der Waals surface area contributed by atoms with E-state index in [1.54, 1.807) is 0 Å². The van der Waals surface area contributed by atoms with Crippen molar-refractivity contribution in [3.05, 3.63) is 65.7 Å². The molecule has 102 valence electrons. The number of benzene rings is 2. The number of hydrogen-bond acceptors (Lipinski definition) is 2. The van der Waals surface area contributed by atoms with Crippen molar-refractivity contribution < 1.29 is 23.4 Å². The molecule has 2 aromatic carbocycles. The van der Waals surface area contributed by atoms with Gasteiger partial charge in [-0.3, -0.25) is 0 Å². The molecule has 0 amide bonds. The van der Waals surface area contributed by atoms with Crippen LogP contribution in [0.15, 0.2) is 48.5 Å². The van der Waals surface area contributed by atoms with E-state index in [-0.39, 0.29) is 17.1 Å². The van der Waals surface area contributed by atoms with Gasteiger partial charge in [-0.05, 0) is 24.3 Å². The molecular weight excluding hydrogens is 266 g/mol. The van der Waals surface area contributed by atoms with Crippen molar-refractivity contribution in [3.8, 4) is 11.5 Å². The van der Waals surface area contributed by atoms with Gasteiger partial charge in [-0.25, -0.2) is 13.6 Å². The maximum absolute atomic E-state index is 13.8. The van der Waals surface area contributed by atoms with Crippen molar-refractivity contribution in [1.29, 1.82) is 0 Å². The molecule has 1 N–H and O–H groups in total. The van der Waals surface area contributed by atoms with Crippen LogP contribution in [-0.2, 0) is 4.79 Å². The first-order valence-corrected chi connectivity index (χ1v) is 5.69. The Morgan fingerprint density at radius 3 is 2.60 bits per heavy atom. The van der Waals surface area contributed by atoms with Crippen molar-refractivity contribution in [1.82, 2.24) is 0 Å². The van der Waals surface area contributed by atoms with E-state index in [2.05, 4.69) is 0 Å². The van der Waals surface area contributed by atoms with E-state index in [4.69, 9.17) is 9.84 Å². The van der Waals surface area contributed by atoms with Crippen LogP contribution in [0.1, 0.15) is 5.56 Å². The summed E-state index contributed by atoms with van der Waals surface area (Å²) in [7, 11) is 0. The molecule has 0 fully saturated rings. The Hall–Kier alpha value is -2.69. The zero-order valence-corrected chi connectivity index (χ0v) is 10.2. The van der Waals surface area contributed by atoms with Crippen LogP contribution < -0.4 is 4.74 Å². The molecule has 0 aliphatic rings. The molecule has 0 atom stereocenters. The van der Waals surface area contributed by atoms with Crippen molar-refractivity contribution >= 4 is 12.0 Å². The molecule has 2 aromatic rings. The first-order valence-electron chi connectivity index (χ1n) is 5.69. The van der Waals surface area contributed by atoms with E-state index >= 15 is 0 Å². The Labute approximate surface area is 113 Å². The Balaban J connectivity index is 2.37. The quantitative estimate of drug-likeness (QED) is 0.863. The number of rotatable bonds is 4. The topological polar surface area (TPSA) is 46.5 Å². The maximum atomic E-state index is 13.8. The Morgan fingerprint density at radius 1 is 1.15 bits per heavy atom. The Bertz CT molecular complexity index is 666. The minimum Gasteiger partial charge on any atom is -0.478 e. The minimum absolute atomic E-state index is 0.125. The largest absolute Gasteiger partial charge is 0.478 e. The van der Waals surface area contributed by atoms with Gasteiger partial charge >= 0.3 is 5.97 Å². The highest BCUT2D eigenvalue weighted by Crippen LogP contribution is 2.29. The molecule has 0 bridgehead atoms. The zero-order chi connectivity index (χ0) is 14.5. The first kappa shape index (κ1) is 13.7. The molecule has 3 nitrogen and oxygen atoms in total. The molecule has 0 aromatic heterocycles. The molecule has 0 heterocycles. The summed E-state index contributed by atoms with van der Waals surface area (Å²) in [5.74, 6) is -2.37. The van der Waals surface area contributed by atoms with Crippen molar-refractivity contribution in [3.63, 3.8) is 0 Å². The van der Waals surface area contributed by atoms with Gasteiger partial charge in [-0.15, -0.1) is 0 Å². The lowest BCUT2D eigenvalue weighted by Crippen LogP contribution is -1.93. The molecule has 2 rings (SSSR count). The number of carboxylic acid groups (broad SMARTS) is 1. The number of halogens is 2. The van der Waals surface area contributed by atoms with Crippen LogP contribution in [0.4, 0.5) is 8.78 Å². The second kappa shape index (κ2) is 5.97. The lowest BCUT2D eigenvalue weighted by molar-refractivity contribution is -0.131. The summed E-state index contributed by atoms with van der Waals surface area (Å²) in [6, 6.07) is 9.34. The van der Waals surface area contributed by atoms with Crippen LogP contribution in [0.25, 0.3) is 6.08 Å². The second-order valence-corrected chi connectivity index (χ2v) is 3.89. The number of carbonyl (C=O) groups is 1. The number of para-hydroxylation sites is 1. The van der Waals surface area contributed by atoms with E-state index in [0.29, 0.717) is 0 Å². The zero-order valence-electron chi connectivity index (χ0n) is 10.2. The molecule has 0 aliphatic heterocycles. The second-order valence-electron chi connectivity index (χ2n) is 3.89. The Kier molecular flexibility index (Phi) is 4.10. The lowest BCUT2D eigenvalue weighted by atomic mass is 10.1. The first-order chi connectivity index (χ1) is 9.56. The lowest BCUT2D eigenvalue weighted by Gasteiger charge is -2.09. The van der Waals surface area contributed by atoms with E-state index in [1.807, 2.05) is 0 Å². The van der Waals surface area contributed by atoms with Gasteiger partial charge in [0, 0.05) is 17.7 Å². The number of hydrogen-bond donors (Lipinski definition) is 1. The summed E-state index contributed by atoms with van der Waals surface area (Å²) in [5, 5.41) is 8.59. The standard InChI is InChI=1S/C15H10F2O3/c16-11-4-2-5-12(9-11)20-15-10(7-8-14(18)19)3-1-6-13(15)17/h1-9H,(H,18,19)/b8-7+. The summed E-state index contributed by atoms with van der Waals surface area (Å²) in [4.78, 5) is 10.5. The molecule has 0 spiro atoms. The molecule has 0 saturated heterocycles. The third kappa shape index (κ3) is 3.41. The molecule has 20 heavy (non-hydrogen) atoms. The highest BCUT2D eigenvalue weighted by Gasteiger charge is 2.10. The van der Waals surface area contributed by atoms with Gasteiger partial charge in [-0.2, -0.15) is 0 Å². The fraction of sp³-hybridized carbons (Fsp3) is 0. The van der Waals surface area contributed by atoms with Crippen molar-refractivity contribution in [2.24, 2.45) is 0 Å². The van der Waals surface area contributed by atoms with E-state index in [9.17, 15) is 13.6 Å². The van der Waals surface area contributed by atoms with Crippen LogP contribution >= 0.6 is 0 Å². The molecule has 0 unspecified atom stereocenters. The van der Waals surface area contributed by atoms with Gasteiger partial charge < -0.3 is 9.84 Å². The van der Waals surface area contributed by atoms with Crippen LogP contribution in [0.3, 0.4) is 0 Å².